The Kier molecular flexibility index (Phi) is 5.92. The van der Waals surface area contributed by atoms with E-state index in [9.17, 15) is 4.79 Å². The minimum Gasteiger partial charge on any atom is -0.497 e. The van der Waals surface area contributed by atoms with Gasteiger partial charge in [0.25, 0.3) is 5.91 Å². The Bertz CT molecular complexity index is 650. The van der Waals surface area contributed by atoms with E-state index in [1.54, 1.807) is 32.4 Å². The number of hydrogen-bond acceptors (Lipinski definition) is 6. The van der Waals surface area contributed by atoms with Crippen LogP contribution in [0.3, 0.4) is 0 Å². The van der Waals surface area contributed by atoms with Crippen LogP contribution in [0, 0.1) is 0 Å². The maximum atomic E-state index is 12.4. The van der Waals surface area contributed by atoms with Crippen molar-refractivity contribution in [2.45, 2.75) is 32.6 Å². The van der Waals surface area contributed by atoms with Crippen LogP contribution in [-0.4, -0.2) is 30.3 Å². The van der Waals surface area contributed by atoms with Gasteiger partial charge in [-0.15, -0.1) is 10.2 Å². The number of amides is 1. The van der Waals surface area contributed by atoms with Crippen LogP contribution in [0.4, 0.5) is 5.13 Å². The summed E-state index contributed by atoms with van der Waals surface area (Å²) in [7, 11) is 3.09. The van der Waals surface area contributed by atoms with Gasteiger partial charge in [-0.3, -0.25) is 10.1 Å². The molecule has 1 amide bonds. The molecule has 0 spiro atoms. The lowest BCUT2D eigenvalue weighted by Gasteiger charge is -2.07. The monoisotopic (exact) mass is 335 g/mol. The van der Waals surface area contributed by atoms with E-state index in [1.807, 2.05) is 0 Å². The molecule has 0 unspecified atom stereocenters. The number of carbonyl (C=O) groups is 1. The molecule has 1 N–H and O–H groups in total. The highest BCUT2D eigenvalue weighted by molar-refractivity contribution is 7.15. The highest BCUT2D eigenvalue weighted by atomic mass is 32.1. The van der Waals surface area contributed by atoms with Crippen LogP contribution in [0.25, 0.3) is 0 Å². The summed E-state index contributed by atoms with van der Waals surface area (Å²) in [6.45, 7) is 4.25. The first-order chi connectivity index (χ1) is 11.1. The van der Waals surface area contributed by atoms with Gasteiger partial charge in [-0.05, 0) is 18.6 Å². The zero-order chi connectivity index (χ0) is 16.8. The van der Waals surface area contributed by atoms with E-state index in [0.29, 0.717) is 28.1 Å². The molecule has 1 heterocycles. The molecule has 0 radical (unpaired) electrons. The SMILES string of the molecule is CCC[C@@H](C)c1nnc(NC(=O)c2cc(OC)cc(OC)c2)s1. The first kappa shape index (κ1) is 17.2. The van der Waals surface area contributed by atoms with Gasteiger partial charge in [-0.2, -0.15) is 0 Å². The van der Waals surface area contributed by atoms with Crippen LogP contribution in [0.5, 0.6) is 11.5 Å². The summed E-state index contributed by atoms with van der Waals surface area (Å²) >= 11 is 1.41. The molecule has 0 saturated carbocycles. The summed E-state index contributed by atoms with van der Waals surface area (Å²) in [5, 5.41) is 12.4. The third-order valence-corrected chi connectivity index (χ3v) is 4.49. The highest BCUT2D eigenvalue weighted by Gasteiger charge is 2.15. The van der Waals surface area contributed by atoms with Crippen molar-refractivity contribution in [3.8, 4) is 11.5 Å². The van der Waals surface area contributed by atoms with E-state index >= 15 is 0 Å². The number of ether oxygens (including phenoxy) is 2. The van der Waals surface area contributed by atoms with Gasteiger partial charge >= 0.3 is 0 Å². The average Bonchev–Trinajstić information content (AvgIpc) is 3.03. The molecule has 2 aromatic rings. The Balaban J connectivity index is 2.13. The van der Waals surface area contributed by atoms with E-state index in [-0.39, 0.29) is 5.91 Å². The van der Waals surface area contributed by atoms with Crippen molar-refractivity contribution in [3.05, 3.63) is 28.8 Å². The van der Waals surface area contributed by atoms with Gasteiger partial charge in [0.15, 0.2) is 0 Å². The first-order valence-electron chi connectivity index (χ1n) is 7.45. The lowest BCUT2D eigenvalue weighted by atomic mass is 10.1. The molecular formula is C16H21N3O3S. The fourth-order valence-electron chi connectivity index (χ4n) is 2.15. The van der Waals surface area contributed by atoms with Gasteiger partial charge in [0.05, 0.1) is 14.2 Å². The fourth-order valence-corrected chi connectivity index (χ4v) is 2.97. The molecule has 0 saturated heterocycles. The van der Waals surface area contributed by atoms with Crippen molar-refractivity contribution in [1.82, 2.24) is 10.2 Å². The number of aromatic nitrogens is 2. The molecule has 0 bridgehead atoms. The lowest BCUT2D eigenvalue weighted by molar-refractivity contribution is 0.102. The van der Waals surface area contributed by atoms with Crippen LogP contribution in [0.1, 0.15) is 48.0 Å². The predicted molar refractivity (Wildman–Crippen MR) is 90.7 cm³/mol. The maximum Gasteiger partial charge on any atom is 0.257 e. The number of nitrogens with zero attached hydrogens (tertiary/aromatic N) is 2. The molecule has 124 valence electrons. The number of hydrogen-bond donors (Lipinski definition) is 1. The van der Waals surface area contributed by atoms with Crippen LogP contribution in [-0.2, 0) is 0 Å². The number of anilines is 1. The molecule has 7 heteroatoms. The number of methoxy groups -OCH3 is 2. The van der Waals surface area contributed by atoms with Gasteiger partial charge in [0, 0.05) is 17.5 Å². The summed E-state index contributed by atoms with van der Waals surface area (Å²) in [4.78, 5) is 12.4. The van der Waals surface area contributed by atoms with Crippen LogP contribution in [0.15, 0.2) is 18.2 Å². The van der Waals surface area contributed by atoms with Crippen molar-refractivity contribution in [2.24, 2.45) is 0 Å². The van der Waals surface area contributed by atoms with Gasteiger partial charge in [-0.25, -0.2) is 0 Å². The fraction of sp³-hybridized carbons (Fsp3) is 0.438. The summed E-state index contributed by atoms with van der Waals surface area (Å²) < 4.78 is 10.3. The molecule has 6 nitrogen and oxygen atoms in total. The Morgan fingerprint density at radius 2 is 1.87 bits per heavy atom. The molecule has 23 heavy (non-hydrogen) atoms. The minimum absolute atomic E-state index is 0.270. The van der Waals surface area contributed by atoms with Crippen molar-refractivity contribution >= 4 is 22.4 Å². The number of benzene rings is 1. The molecular weight excluding hydrogens is 314 g/mol. The number of nitrogens with one attached hydrogen (secondary N) is 1. The molecule has 2 rings (SSSR count). The molecule has 0 aliphatic heterocycles. The Hall–Kier alpha value is -2.15. The van der Waals surface area contributed by atoms with E-state index in [1.165, 1.54) is 11.3 Å². The number of carbonyl (C=O) groups excluding carboxylic acids is 1. The lowest BCUT2D eigenvalue weighted by Crippen LogP contribution is -2.12. The minimum atomic E-state index is -0.270. The Labute approximate surface area is 139 Å². The van der Waals surface area contributed by atoms with Gasteiger partial charge in [0.1, 0.15) is 16.5 Å². The molecule has 0 aliphatic carbocycles. The second-order valence-electron chi connectivity index (χ2n) is 5.19. The number of rotatable bonds is 7. The van der Waals surface area contributed by atoms with E-state index in [2.05, 4.69) is 29.4 Å². The second kappa shape index (κ2) is 7.92. The third-order valence-electron chi connectivity index (χ3n) is 3.42. The normalized spacial score (nSPS) is 11.8. The van der Waals surface area contributed by atoms with Gasteiger partial charge < -0.3 is 9.47 Å². The smallest absolute Gasteiger partial charge is 0.257 e. The van der Waals surface area contributed by atoms with Crippen LogP contribution >= 0.6 is 11.3 Å². The van der Waals surface area contributed by atoms with Crippen molar-refractivity contribution < 1.29 is 14.3 Å². The maximum absolute atomic E-state index is 12.4. The molecule has 0 fully saturated rings. The molecule has 1 atom stereocenters. The summed E-state index contributed by atoms with van der Waals surface area (Å²) in [5.74, 6) is 1.20. The summed E-state index contributed by atoms with van der Waals surface area (Å²) in [6, 6.07) is 5.02. The Morgan fingerprint density at radius 1 is 1.22 bits per heavy atom. The average molecular weight is 335 g/mol. The summed E-state index contributed by atoms with van der Waals surface area (Å²) in [6.07, 6.45) is 2.14. The quantitative estimate of drug-likeness (QED) is 0.835. The molecule has 0 aliphatic rings. The third kappa shape index (κ3) is 4.41. The van der Waals surface area contributed by atoms with Crippen molar-refractivity contribution in [3.63, 3.8) is 0 Å². The highest BCUT2D eigenvalue weighted by Crippen LogP contribution is 2.27. The topological polar surface area (TPSA) is 73.3 Å². The summed E-state index contributed by atoms with van der Waals surface area (Å²) in [5.41, 5.74) is 0.444. The molecule has 1 aromatic carbocycles. The Morgan fingerprint density at radius 3 is 2.43 bits per heavy atom. The largest absolute Gasteiger partial charge is 0.497 e. The van der Waals surface area contributed by atoms with Crippen molar-refractivity contribution in [2.75, 3.05) is 19.5 Å². The van der Waals surface area contributed by atoms with E-state index in [0.717, 1.165) is 17.8 Å². The van der Waals surface area contributed by atoms with Crippen LogP contribution in [0.2, 0.25) is 0 Å². The first-order valence-corrected chi connectivity index (χ1v) is 8.26. The van der Waals surface area contributed by atoms with E-state index < -0.39 is 0 Å². The molecule has 1 aromatic heterocycles. The second-order valence-corrected chi connectivity index (χ2v) is 6.20. The predicted octanol–water partition coefficient (Wildman–Crippen LogP) is 3.71. The van der Waals surface area contributed by atoms with Gasteiger partial charge in [0.2, 0.25) is 5.13 Å². The van der Waals surface area contributed by atoms with E-state index in [4.69, 9.17) is 9.47 Å². The van der Waals surface area contributed by atoms with Crippen LogP contribution < -0.4 is 14.8 Å². The van der Waals surface area contributed by atoms with Gasteiger partial charge in [-0.1, -0.05) is 31.6 Å². The zero-order valence-electron chi connectivity index (χ0n) is 13.8. The standard InChI is InChI=1S/C16H21N3O3S/c1-5-6-10(2)15-18-19-16(23-15)17-14(20)11-7-12(21-3)9-13(8-11)22-4/h7-10H,5-6H2,1-4H3,(H,17,19,20)/t10-/m1/s1. The zero-order valence-corrected chi connectivity index (χ0v) is 14.6. The van der Waals surface area contributed by atoms with Crippen molar-refractivity contribution in [1.29, 1.82) is 0 Å².